The number of carboxylic acid groups (broad SMARTS) is 1. The van der Waals surface area contributed by atoms with Gasteiger partial charge in [0.05, 0.1) is 11.6 Å². The van der Waals surface area contributed by atoms with Gasteiger partial charge in [-0.2, -0.15) is 5.26 Å². The molecule has 1 unspecified atom stereocenters. The molecule has 1 atom stereocenters. The molecule has 2 rings (SSSR count). The second-order valence-electron chi connectivity index (χ2n) is 5.47. The van der Waals surface area contributed by atoms with E-state index in [2.05, 4.69) is 11.0 Å². The highest BCUT2D eigenvalue weighted by atomic mass is 35.5. The van der Waals surface area contributed by atoms with E-state index < -0.39 is 5.97 Å². The molecular formula is C16H19ClN2O2. The fraction of sp³-hybridized carbons (Fsp3) is 0.500. The lowest BCUT2D eigenvalue weighted by Crippen LogP contribution is -2.39. The molecule has 0 amide bonds. The molecule has 0 spiro atoms. The van der Waals surface area contributed by atoms with E-state index in [1.165, 1.54) is 0 Å². The molecule has 1 heterocycles. The standard InChI is InChI=1S/C16H19ClN2O2/c17-15-9-12(10-18)4-5-13(15)11-19-8-2-1-3-14(19)6-7-16(20)21/h4-5,9,14H,1-3,6-8,11H2,(H,20,21). The van der Waals surface area contributed by atoms with Gasteiger partial charge >= 0.3 is 5.97 Å². The summed E-state index contributed by atoms with van der Waals surface area (Å²) >= 11 is 6.23. The number of piperidine rings is 1. The van der Waals surface area contributed by atoms with Crippen LogP contribution in [0.25, 0.3) is 0 Å². The van der Waals surface area contributed by atoms with Crippen LogP contribution in [-0.2, 0) is 11.3 Å². The van der Waals surface area contributed by atoms with E-state index in [0.29, 0.717) is 23.0 Å². The first-order valence-electron chi connectivity index (χ1n) is 7.24. The minimum atomic E-state index is -0.739. The average molecular weight is 307 g/mol. The fourth-order valence-corrected chi connectivity index (χ4v) is 3.09. The Labute approximate surface area is 129 Å². The number of nitriles is 1. The Morgan fingerprint density at radius 3 is 2.95 bits per heavy atom. The van der Waals surface area contributed by atoms with Gasteiger partial charge in [-0.25, -0.2) is 0 Å². The van der Waals surface area contributed by atoms with Gasteiger partial charge in [0.2, 0.25) is 0 Å². The summed E-state index contributed by atoms with van der Waals surface area (Å²) < 4.78 is 0. The third-order valence-corrected chi connectivity index (χ3v) is 4.35. The van der Waals surface area contributed by atoms with E-state index >= 15 is 0 Å². The Kier molecular flexibility index (Phi) is 5.60. The van der Waals surface area contributed by atoms with E-state index in [1.54, 1.807) is 12.1 Å². The third-order valence-electron chi connectivity index (χ3n) is 4.00. The molecule has 1 fully saturated rings. The number of aliphatic carboxylic acids is 1. The highest BCUT2D eigenvalue weighted by Crippen LogP contribution is 2.26. The minimum Gasteiger partial charge on any atom is -0.481 e. The Morgan fingerprint density at radius 1 is 1.48 bits per heavy atom. The van der Waals surface area contributed by atoms with E-state index in [-0.39, 0.29) is 6.42 Å². The van der Waals surface area contributed by atoms with Crippen molar-refractivity contribution in [2.45, 2.75) is 44.7 Å². The molecule has 1 aliphatic rings. The summed E-state index contributed by atoms with van der Waals surface area (Å²) in [7, 11) is 0. The number of carboxylic acids is 1. The van der Waals surface area contributed by atoms with Gasteiger partial charge in [-0.15, -0.1) is 0 Å². The van der Waals surface area contributed by atoms with Crippen molar-refractivity contribution >= 4 is 17.6 Å². The van der Waals surface area contributed by atoms with E-state index in [0.717, 1.165) is 37.9 Å². The molecular weight excluding hydrogens is 288 g/mol. The highest BCUT2D eigenvalue weighted by molar-refractivity contribution is 6.31. The molecule has 112 valence electrons. The number of halogens is 1. The lowest BCUT2D eigenvalue weighted by Gasteiger charge is -2.35. The molecule has 1 aromatic carbocycles. The van der Waals surface area contributed by atoms with Crippen LogP contribution in [0.1, 0.15) is 43.2 Å². The largest absolute Gasteiger partial charge is 0.481 e. The number of rotatable bonds is 5. The first-order valence-corrected chi connectivity index (χ1v) is 7.62. The predicted molar refractivity (Wildman–Crippen MR) is 81.1 cm³/mol. The molecule has 1 aromatic rings. The van der Waals surface area contributed by atoms with Crippen LogP contribution in [-0.4, -0.2) is 28.6 Å². The number of carbonyl (C=O) groups is 1. The minimum absolute atomic E-state index is 0.211. The van der Waals surface area contributed by atoms with Crippen LogP contribution in [0, 0.1) is 11.3 Å². The lowest BCUT2D eigenvalue weighted by molar-refractivity contribution is -0.137. The number of benzene rings is 1. The Hall–Kier alpha value is -1.57. The molecule has 4 nitrogen and oxygen atoms in total. The molecule has 0 aliphatic carbocycles. The van der Waals surface area contributed by atoms with Crippen molar-refractivity contribution in [1.29, 1.82) is 5.26 Å². The highest BCUT2D eigenvalue weighted by Gasteiger charge is 2.23. The Morgan fingerprint density at radius 2 is 2.29 bits per heavy atom. The van der Waals surface area contributed by atoms with Gasteiger partial charge in [0.25, 0.3) is 0 Å². The summed E-state index contributed by atoms with van der Waals surface area (Å²) in [5.41, 5.74) is 1.56. The van der Waals surface area contributed by atoms with Crippen LogP contribution in [0.2, 0.25) is 5.02 Å². The number of hydrogen-bond acceptors (Lipinski definition) is 3. The molecule has 0 radical (unpaired) electrons. The quantitative estimate of drug-likeness (QED) is 0.905. The number of likely N-dealkylation sites (tertiary alicyclic amines) is 1. The molecule has 1 N–H and O–H groups in total. The molecule has 0 bridgehead atoms. The van der Waals surface area contributed by atoms with Gasteiger partial charge in [-0.3, -0.25) is 9.69 Å². The second kappa shape index (κ2) is 7.44. The normalized spacial score (nSPS) is 19.1. The summed E-state index contributed by atoms with van der Waals surface area (Å²) in [5.74, 6) is -0.739. The van der Waals surface area contributed by atoms with Gasteiger partial charge in [0, 0.05) is 24.0 Å². The fourth-order valence-electron chi connectivity index (χ4n) is 2.85. The van der Waals surface area contributed by atoms with E-state index in [1.807, 2.05) is 6.07 Å². The predicted octanol–water partition coefficient (Wildman–Crippen LogP) is 3.43. The maximum atomic E-state index is 10.8. The maximum Gasteiger partial charge on any atom is 0.303 e. The lowest BCUT2D eigenvalue weighted by atomic mass is 9.97. The van der Waals surface area contributed by atoms with Crippen molar-refractivity contribution < 1.29 is 9.90 Å². The summed E-state index contributed by atoms with van der Waals surface area (Å²) in [6, 6.07) is 7.74. The van der Waals surface area contributed by atoms with Crippen molar-refractivity contribution in [3.63, 3.8) is 0 Å². The summed E-state index contributed by atoms with van der Waals surface area (Å²) in [4.78, 5) is 13.1. The molecule has 21 heavy (non-hydrogen) atoms. The van der Waals surface area contributed by atoms with E-state index in [4.69, 9.17) is 22.0 Å². The van der Waals surface area contributed by atoms with Crippen LogP contribution in [0.3, 0.4) is 0 Å². The van der Waals surface area contributed by atoms with Crippen molar-refractivity contribution in [3.05, 3.63) is 34.3 Å². The number of nitrogens with zero attached hydrogens (tertiary/aromatic N) is 2. The Balaban J connectivity index is 2.05. The van der Waals surface area contributed by atoms with Crippen molar-refractivity contribution in [3.8, 4) is 6.07 Å². The molecule has 1 aliphatic heterocycles. The topological polar surface area (TPSA) is 64.3 Å². The third kappa shape index (κ3) is 4.45. The van der Waals surface area contributed by atoms with Crippen molar-refractivity contribution in [1.82, 2.24) is 4.90 Å². The zero-order chi connectivity index (χ0) is 15.2. The summed E-state index contributed by atoms with van der Waals surface area (Å²) in [5, 5.41) is 18.3. The smallest absolute Gasteiger partial charge is 0.303 e. The molecule has 1 saturated heterocycles. The van der Waals surface area contributed by atoms with E-state index in [9.17, 15) is 4.79 Å². The molecule has 5 heteroatoms. The van der Waals surface area contributed by atoms with Crippen LogP contribution in [0.15, 0.2) is 18.2 Å². The van der Waals surface area contributed by atoms with Crippen molar-refractivity contribution in [2.24, 2.45) is 0 Å². The number of hydrogen-bond donors (Lipinski definition) is 1. The SMILES string of the molecule is N#Cc1ccc(CN2CCCCC2CCC(=O)O)c(Cl)c1. The van der Waals surface area contributed by atoms with Crippen LogP contribution < -0.4 is 0 Å². The van der Waals surface area contributed by atoms with Gasteiger partial charge in [0.15, 0.2) is 0 Å². The van der Waals surface area contributed by atoms with Gasteiger partial charge in [-0.1, -0.05) is 24.1 Å². The van der Waals surface area contributed by atoms with Gasteiger partial charge in [0.1, 0.15) is 0 Å². The van der Waals surface area contributed by atoms with Crippen molar-refractivity contribution in [2.75, 3.05) is 6.54 Å². The second-order valence-corrected chi connectivity index (χ2v) is 5.88. The first-order chi connectivity index (χ1) is 10.1. The zero-order valence-electron chi connectivity index (χ0n) is 11.9. The summed E-state index contributed by atoms with van der Waals surface area (Å²) in [6.45, 7) is 1.69. The monoisotopic (exact) mass is 306 g/mol. The summed E-state index contributed by atoms with van der Waals surface area (Å²) in [6.07, 6.45) is 4.23. The van der Waals surface area contributed by atoms with Crippen LogP contribution in [0.5, 0.6) is 0 Å². The molecule has 0 saturated carbocycles. The Bertz CT molecular complexity index is 554. The average Bonchev–Trinajstić information content (AvgIpc) is 2.48. The zero-order valence-corrected chi connectivity index (χ0v) is 12.6. The van der Waals surface area contributed by atoms with Crippen LogP contribution in [0.4, 0.5) is 0 Å². The van der Waals surface area contributed by atoms with Gasteiger partial charge < -0.3 is 5.11 Å². The molecule has 0 aromatic heterocycles. The van der Waals surface area contributed by atoms with Gasteiger partial charge in [-0.05, 0) is 43.5 Å². The first kappa shape index (κ1) is 15.8. The van der Waals surface area contributed by atoms with Crippen LogP contribution >= 0.6 is 11.6 Å². The maximum absolute atomic E-state index is 10.8.